The van der Waals surface area contributed by atoms with Crippen LogP contribution in [0.5, 0.6) is 17.2 Å². The summed E-state index contributed by atoms with van der Waals surface area (Å²) < 4.78 is 34.0. The van der Waals surface area contributed by atoms with Crippen LogP contribution in [0.3, 0.4) is 0 Å². The van der Waals surface area contributed by atoms with Crippen molar-refractivity contribution in [2.75, 3.05) is 26.9 Å². The molecule has 0 radical (unpaired) electrons. The van der Waals surface area contributed by atoms with Crippen molar-refractivity contribution in [3.05, 3.63) is 76.3 Å². The van der Waals surface area contributed by atoms with Crippen molar-refractivity contribution >= 4 is 11.9 Å². The lowest BCUT2D eigenvalue weighted by Gasteiger charge is -2.30. The Balaban J connectivity index is 1.15. The molecule has 3 atom stereocenters. The monoisotopic (exact) mass is 558 g/mol. The molecule has 2 heterocycles. The first-order valence-electron chi connectivity index (χ1n) is 14.0. The van der Waals surface area contributed by atoms with E-state index < -0.39 is 6.10 Å². The minimum Gasteiger partial charge on any atom is -0.492 e. The Morgan fingerprint density at radius 3 is 2.59 bits per heavy atom. The molecule has 3 aromatic carbocycles. The summed E-state index contributed by atoms with van der Waals surface area (Å²) in [5.74, 6) is 1.76. The molecule has 1 saturated heterocycles. The number of methoxy groups -OCH3 is 1. The van der Waals surface area contributed by atoms with Gasteiger partial charge in [-0.15, -0.1) is 0 Å². The topological polar surface area (TPSA) is 89.5 Å². The zero-order valence-corrected chi connectivity index (χ0v) is 23.6. The second-order valence-electron chi connectivity index (χ2n) is 10.8. The highest BCUT2D eigenvalue weighted by atomic mass is 16.6. The maximum Gasteiger partial charge on any atom is 0.306 e. The maximum atomic E-state index is 11.7. The highest BCUT2D eigenvalue weighted by Gasteiger charge is 2.35. The Kier molecular flexibility index (Phi) is 7.58. The van der Waals surface area contributed by atoms with Gasteiger partial charge in [0, 0.05) is 24.5 Å². The van der Waals surface area contributed by atoms with Crippen molar-refractivity contribution in [1.29, 1.82) is 0 Å². The van der Waals surface area contributed by atoms with Gasteiger partial charge in [-0.3, -0.25) is 9.59 Å². The lowest BCUT2D eigenvalue weighted by atomic mass is 9.79. The first kappa shape index (κ1) is 27.1. The van der Waals surface area contributed by atoms with Gasteiger partial charge in [0.15, 0.2) is 12.2 Å². The van der Waals surface area contributed by atoms with Crippen molar-refractivity contribution in [2.45, 2.75) is 57.8 Å². The van der Waals surface area contributed by atoms with E-state index in [1.165, 1.54) is 30.7 Å². The number of hydrogen-bond donors (Lipinski definition) is 0. The number of benzene rings is 3. The lowest BCUT2D eigenvalue weighted by Crippen LogP contribution is -2.34. The molecule has 0 aromatic heterocycles. The summed E-state index contributed by atoms with van der Waals surface area (Å²) in [4.78, 5) is 23.2. The zero-order valence-electron chi connectivity index (χ0n) is 23.6. The third kappa shape index (κ3) is 5.61. The Labute approximate surface area is 239 Å². The summed E-state index contributed by atoms with van der Waals surface area (Å²) in [5, 5.41) is 0. The normalized spacial score (nSPS) is 20.3. The van der Waals surface area contributed by atoms with Gasteiger partial charge in [-0.05, 0) is 71.3 Å². The van der Waals surface area contributed by atoms with Crippen LogP contribution in [-0.2, 0) is 43.2 Å². The van der Waals surface area contributed by atoms with E-state index in [1.54, 1.807) is 0 Å². The van der Waals surface area contributed by atoms with Crippen molar-refractivity contribution in [2.24, 2.45) is 0 Å². The fourth-order valence-electron chi connectivity index (χ4n) is 5.92. The van der Waals surface area contributed by atoms with E-state index in [1.807, 2.05) is 18.2 Å². The number of carbonyl (C=O) groups is 2. The van der Waals surface area contributed by atoms with Crippen LogP contribution in [0.4, 0.5) is 0 Å². The maximum absolute atomic E-state index is 11.7. The van der Waals surface area contributed by atoms with E-state index in [0.29, 0.717) is 32.8 Å². The molecule has 0 amide bonds. The number of aryl methyl sites for hydroxylation is 1. The fraction of sp³-hybridized carbons (Fsp3) is 0.394. The number of hydrogen-bond acceptors (Lipinski definition) is 8. The van der Waals surface area contributed by atoms with Gasteiger partial charge in [0.2, 0.25) is 0 Å². The Bertz CT molecular complexity index is 1480. The largest absolute Gasteiger partial charge is 0.492 e. The number of fused-ring (bicyclic) bond motifs is 2. The van der Waals surface area contributed by atoms with E-state index in [0.717, 1.165) is 52.3 Å². The minimum absolute atomic E-state index is 0.00246. The summed E-state index contributed by atoms with van der Waals surface area (Å²) >= 11 is 0. The van der Waals surface area contributed by atoms with E-state index in [2.05, 4.69) is 37.3 Å². The fourth-order valence-corrected chi connectivity index (χ4v) is 5.92. The molecule has 3 unspecified atom stereocenters. The summed E-state index contributed by atoms with van der Waals surface area (Å²) in [6.07, 6.45) is 1.55. The second kappa shape index (κ2) is 11.4. The molecule has 8 heteroatoms. The summed E-state index contributed by atoms with van der Waals surface area (Å²) in [6, 6.07) is 16.3. The second-order valence-corrected chi connectivity index (χ2v) is 10.8. The minimum atomic E-state index is -0.390. The van der Waals surface area contributed by atoms with Crippen molar-refractivity contribution in [3.63, 3.8) is 0 Å². The van der Waals surface area contributed by atoms with Gasteiger partial charge in [0.05, 0.1) is 33.4 Å². The first-order valence-corrected chi connectivity index (χ1v) is 14.0. The summed E-state index contributed by atoms with van der Waals surface area (Å²) in [6.45, 7) is 5.15. The van der Waals surface area contributed by atoms with Gasteiger partial charge in [-0.1, -0.05) is 24.3 Å². The van der Waals surface area contributed by atoms with Crippen LogP contribution >= 0.6 is 0 Å². The van der Waals surface area contributed by atoms with Crippen LogP contribution in [0.2, 0.25) is 0 Å². The van der Waals surface area contributed by atoms with E-state index in [-0.39, 0.29) is 24.0 Å². The highest BCUT2D eigenvalue weighted by Crippen LogP contribution is 2.43. The van der Waals surface area contributed by atoms with Crippen LogP contribution < -0.4 is 14.2 Å². The molecular weight excluding hydrogens is 524 g/mol. The smallest absolute Gasteiger partial charge is 0.306 e. The summed E-state index contributed by atoms with van der Waals surface area (Å²) in [5.41, 5.74) is 8.11. The van der Waals surface area contributed by atoms with Crippen LogP contribution in [0, 0.1) is 6.92 Å². The molecule has 0 spiro atoms. The van der Waals surface area contributed by atoms with Gasteiger partial charge in [-0.25, -0.2) is 0 Å². The molecule has 1 fully saturated rings. The predicted molar refractivity (Wildman–Crippen MR) is 150 cm³/mol. The molecule has 1 aliphatic carbocycles. The molecule has 0 N–H and O–H groups in total. The van der Waals surface area contributed by atoms with Crippen LogP contribution in [0.25, 0.3) is 11.1 Å². The third-order valence-corrected chi connectivity index (χ3v) is 8.03. The Morgan fingerprint density at radius 2 is 1.80 bits per heavy atom. The van der Waals surface area contributed by atoms with Crippen molar-refractivity contribution < 1.29 is 38.0 Å². The molecule has 6 rings (SSSR count). The zero-order chi connectivity index (χ0) is 28.5. The molecule has 0 bridgehead atoms. The molecule has 3 aromatic rings. The molecule has 8 nitrogen and oxygen atoms in total. The van der Waals surface area contributed by atoms with E-state index in [4.69, 9.17) is 28.4 Å². The van der Waals surface area contributed by atoms with Crippen LogP contribution in [0.1, 0.15) is 47.1 Å². The highest BCUT2D eigenvalue weighted by molar-refractivity contribution is 5.77. The number of ether oxygens (including phenoxy) is 6. The van der Waals surface area contributed by atoms with Gasteiger partial charge >= 0.3 is 11.9 Å². The third-order valence-electron chi connectivity index (χ3n) is 8.03. The average molecular weight is 559 g/mol. The SMILES string of the molecule is COC(=O)CC1COc2cc(OCc3cccc(-c4c(C)cc(OC5COCC5OC(C)=O)c5c4CC5)c3)ccc21. The number of rotatable bonds is 9. The Hall–Kier alpha value is -4.04. The van der Waals surface area contributed by atoms with Gasteiger partial charge < -0.3 is 28.4 Å². The predicted octanol–water partition coefficient (Wildman–Crippen LogP) is 5.09. The number of carbonyl (C=O) groups excluding carboxylic acids is 2. The quantitative estimate of drug-likeness (QED) is 0.336. The van der Waals surface area contributed by atoms with Gasteiger partial charge in [0.1, 0.15) is 23.9 Å². The van der Waals surface area contributed by atoms with E-state index in [9.17, 15) is 9.59 Å². The molecular formula is C33H34O8. The Morgan fingerprint density at radius 1 is 0.976 bits per heavy atom. The lowest BCUT2D eigenvalue weighted by molar-refractivity contribution is -0.149. The molecule has 0 saturated carbocycles. The average Bonchev–Trinajstić information content (AvgIpc) is 3.54. The van der Waals surface area contributed by atoms with Crippen molar-refractivity contribution in [3.8, 4) is 28.4 Å². The van der Waals surface area contributed by atoms with E-state index >= 15 is 0 Å². The molecule has 2 aliphatic heterocycles. The van der Waals surface area contributed by atoms with Crippen LogP contribution in [-0.4, -0.2) is 51.1 Å². The number of esters is 2. The van der Waals surface area contributed by atoms with Gasteiger partial charge in [0.25, 0.3) is 0 Å². The molecule has 214 valence electrons. The van der Waals surface area contributed by atoms with Gasteiger partial charge in [-0.2, -0.15) is 0 Å². The molecule has 41 heavy (non-hydrogen) atoms. The van der Waals surface area contributed by atoms with Crippen molar-refractivity contribution in [1.82, 2.24) is 0 Å². The molecule has 3 aliphatic rings. The summed E-state index contributed by atoms with van der Waals surface area (Å²) in [7, 11) is 1.40. The standard InChI is InChI=1S/C33H34O8/c1-19-11-29(41-31-18-37-17-30(31)40-20(2)34)26-9-10-27(26)33(19)22-6-4-5-21(12-22)15-38-24-7-8-25-23(13-32(35)36-3)16-39-28(25)14-24/h4-8,11-12,14,23,30-31H,9-10,13,15-18H2,1-3H3. The first-order chi connectivity index (χ1) is 19.9. The van der Waals surface area contributed by atoms with Crippen LogP contribution in [0.15, 0.2) is 48.5 Å².